The van der Waals surface area contributed by atoms with E-state index in [1.165, 1.54) is 56.3 Å². The van der Waals surface area contributed by atoms with Gasteiger partial charge in [-0.05, 0) is 49.9 Å². The summed E-state index contributed by atoms with van der Waals surface area (Å²) in [5.74, 6) is 3.47. The number of piperidine rings is 1. The molecule has 3 N–H and O–H groups in total. The number of likely N-dealkylation sites (tertiary alicyclic amines) is 1. The number of hydrogen-bond acceptors (Lipinski definition) is 2. The zero-order chi connectivity index (χ0) is 16.2. The van der Waals surface area contributed by atoms with Crippen LogP contribution in [0.3, 0.4) is 0 Å². The number of carbonyl (C=O) groups excluding carboxylic acids is 1. The highest BCUT2D eigenvalue weighted by atomic mass is 16.1. The van der Waals surface area contributed by atoms with Crippen LogP contribution >= 0.6 is 0 Å². The van der Waals surface area contributed by atoms with Crippen molar-refractivity contribution in [2.75, 3.05) is 13.1 Å². The molecule has 132 valence electrons. The molecule has 1 aliphatic heterocycles. The third-order valence-corrected chi connectivity index (χ3v) is 7.08. The van der Waals surface area contributed by atoms with Crippen LogP contribution in [0, 0.1) is 23.7 Å². The van der Waals surface area contributed by atoms with Crippen molar-refractivity contribution in [1.29, 1.82) is 0 Å². The van der Waals surface area contributed by atoms with Crippen LogP contribution < -0.4 is 10.6 Å². The summed E-state index contributed by atoms with van der Waals surface area (Å²) in [6.07, 6.45) is 14.6. The Bertz CT molecular complexity index is 383. The third-order valence-electron chi connectivity index (χ3n) is 7.08. The number of quaternary nitrogens is 1. The van der Waals surface area contributed by atoms with Crippen LogP contribution in [-0.2, 0) is 4.79 Å². The van der Waals surface area contributed by atoms with Gasteiger partial charge in [-0.15, -0.1) is 0 Å². The third kappa shape index (κ3) is 4.57. The molecule has 1 heterocycles. The molecule has 2 saturated carbocycles. The van der Waals surface area contributed by atoms with Gasteiger partial charge in [-0.3, -0.25) is 10.5 Å². The molecule has 3 fully saturated rings. The van der Waals surface area contributed by atoms with Crippen molar-refractivity contribution in [3.8, 4) is 0 Å². The van der Waals surface area contributed by atoms with Crippen molar-refractivity contribution in [2.24, 2.45) is 29.4 Å². The Morgan fingerprint density at radius 2 is 1.61 bits per heavy atom. The quantitative estimate of drug-likeness (QED) is 0.836. The van der Waals surface area contributed by atoms with E-state index in [-0.39, 0.29) is 6.17 Å². The summed E-state index contributed by atoms with van der Waals surface area (Å²) in [6.45, 7) is 4.06. The molecule has 3 atom stereocenters. The van der Waals surface area contributed by atoms with Gasteiger partial charge in [0.2, 0.25) is 0 Å². The Morgan fingerprint density at radius 3 is 2.26 bits per heavy atom. The van der Waals surface area contributed by atoms with Gasteiger partial charge in [-0.2, -0.15) is 0 Å². The fraction of sp³-hybridized carbons (Fsp3) is 0.950. The Hall–Kier alpha value is -0.410. The second-order valence-corrected chi connectivity index (χ2v) is 8.80. The standard InChI is InChI=1S/C20H36N2O/c1-15-11-12-22(20(21)13-15)14-19(23)18-9-7-17(8-10-18)16-5-3-2-4-6-16/h15-18,20H,2-14,21H2,1H3/p+1. The molecule has 0 bridgehead atoms. The summed E-state index contributed by atoms with van der Waals surface area (Å²) in [6, 6.07) is 0. The van der Waals surface area contributed by atoms with Gasteiger partial charge in [0.1, 0.15) is 12.7 Å². The number of carbonyl (C=O) groups is 1. The summed E-state index contributed by atoms with van der Waals surface area (Å²) in [5.41, 5.74) is 6.28. The van der Waals surface area contributed by atoms with Gasteiger partial charge in [-0.25, -0.2) is 0 Å². The Morgan fingerprint density at radius 1 is 0.957 bits per heavy atom. The highest BCUT2D eigenvalue weighted by Gasteiger charge is 2.34. The van der Waals surface area contributed by atoms with Gasteiger partial charge in [0.15, 0.2) is 5.78 Å². The molecule has 3 rings (SSSR count). The summed E-state index contributed by atoms with van der Waals surface area (Å²) < 4.78 is 0. The number of rotatable bonds is 4. The maximum absolute atomic E-state index is 12.7. The zero-order valence-electron chi connectivity index (χ0n) is 15.1. The Kier molecular flexibility index (Phi) is 6.14. The van der Waals surface area contributed by atoms with E-state index in [2.05, 4.69) is 6.92 Å². The van der Waals surface area contributed by atoms with E-state index < -0.39 is 0 Å². The van der Waals surface area contributed by atoms with E-state index >= 15 is 0 Å². The molecule has 1 saturated heterocycles. The second kappa shape index (κ2) is 8.11. The lowest BCUT2D eigenvalue weighted by atomic mass is 9.70. The van der Waals surface area contributed by atoms with E-state index in [1.807, 2.05) is 0 Å². The highest BCUT2D eigenvalue weighted by Crippen LogP contribution is 2.40. The molecule has 0 radical (unpaired) electrons. The van der Waals surface area contributed by atoms with Crippen molar-refractivity contribution >= 4 is 5.78 Å². The van der Waals surface area contributed by atoms with Gasteiger partial charge in [0.05, 0.1) is 6.54 Å². The lowest BCUT2D eigenvalue weighted by Gasteiger charge is -2.36. The topological polar surface area (TPSA) is 47.5 Å². The summed E-state index contributed by atoms with van der Waals surface area (Å²) in [7, 11) is 0. The molecule has 0 amide bonds. The summed E-state index contributed by atoms with van der Waals surface area (Å²) in [4.78, 5) is 14.0. The normalized spacial score (nSPS) is 40.0. The first-order chi connectivity index (χ1) is 11.1. The van der Waals surface area contributed by atoms with Crippen LogP contribution in [-0.4, -0.2) is 25.0 Å². The van der Waals surface area contributed by atoms with Gasteiger partial charge in [-0.1, -0.05) is 39.0 Å². The molecule has 3 aliphatic rings. The molecule has 0 aromatic carbocycles. The fourth-order valence-corrected chi connectivity index (χ4v) is 5.44. The molecular formula is C20H37N2O+. The first kappa shape index (κ1) is 17.4. The van der Waals surface area contributed by atoms with E-state index in [1.54, 1.807) is 0 Å². The van der Waals surface area contributed by atoms with E-state index in [9.17, 15) is 4.79 Å². The van der Waals surface area contributed by atoms with E-state index in [0.29, 0.717) is 18.2 Å². The number of Topliss-reactive ketones (excluding diaryl/α,β-unsaturated/α-hetero) is 1. The van der Waals surface area contributed by atoms with Crippen molar-refractivity contribution in [3.63, 3.8) is 0 Å². The minimum atomic E-state index is 0.182. The maximum atomic E-state index is 12.7. The molecule has 3 heteroatoms. The lowest BCUT2D eigenvalue weighted by molar-refractivity contribution is -0.924. The van der Waals surface area contributed by atoms with Crippen LogP contribution in [0.2, 0.25) is 0 Å². The first-order valence-corrected chi connectivity index (χ1v) is 10.3. The largest absolute Gasteiger partial charge is 0.314 e. The lowest BCUT2D eigenvalue weighted by Crippen LogP contribution is -3.19. The second-order valence-electron chi connectivity index (χ2n) is 8.80. The number of ketones is 1. The van der Waals surface area contributed by atoms with E-state index in [4.69, 9.17) is 5.73 Å². The van der Waals surface area contributed by atoms with E-state index in [0.717, 1.165) is 43.6 Å². The zero-order valence-corrected chi connectivity index (χ0v) is 15.1. The number of nitrogens with two attached hydrogens (primary N) is 1. The van der Waals surface area contributed by atoms with Crippen LogP contribution in [0.1, 0.15) is 77.6 Å². The number of nitrogens with one attached hydrogen (secondary N) is 1. The van der Waals surface area contributed by atoms with Crippen LogP contribution in [0.4, 0.5) is 0 Å². The predicted molar refractivity (Wildman–Crippen MR) is 94.1 cm³/mol. The van der Waals surface area contributed by atoms with Gasteiger partial charge in [0.25, 0.3) is 0 Å². The molecule has 3 nitrogen and oxygen atoms in total. The SMILES string of the molecule is CC1CC[NH+](CC(=O)C2CCC(C3CCCCC3)CC2)C(N)C1. The van der Waals surface area contributed by atoms with Crippen molar-refractivity contribution in [2.45, 2.75) is 83.7 Å². The molecule has 0 aromatic heterocycles. The van der Waals surface area contributed by atoms with Crippen LogP contribution in [0.5, 0.6) is 0 Å². The molecule has 0 aromatic rings. The first-order valence-electron chi connectivity index (χ1n) is 10.3. The fourth-order valence-electron chi connectivity index (χ4n) is 5.44. The number of hydrogen-bond donors (Lipinski definition) is 2. The smallest absolute Gasteiger partial charge is 0.189 e. The Labute approximate surface area is 142 Å². The molecule has 2 aliphatic carbocycles. The average molecular weight is 322 g/mol. The van der Waals surface area contributed by atoms with Gasteiger partial charge < -0.3 is 4.90 Å². The maximum Gasteiger partial charge on any atom is 0.189 e. The summed E-state index contributed by atoms with van der Waals surface area (Å²) in [5, 5.41) is 0. The minimum absolute atomic E-state index is 0.182. The predicted octanol–water partition coefficient (Wildman–Crippen LogP) is 2.54. The molecular weight excluding hydrogens is 284 g/mol. The Balaban J connectivity index is 1.43. The molecule has 3 unspecified atom stereocenters. The highest BCUT2D eigenvalue weighted by molar-refractivity contribution is 5.82. The van der Waals surface area contributed by atoms with Gasteiger partial charge in [0, 0.05) is 12.3 Å². The summed E-state index contributed by atoms with van der Waals surface area (Å²) >= 11 is 0. The van der Waals surface area contributed by atoms with Gasteiger partial charge >= 0.3 is 0 Å². The van der Waals surface area contributed by atoms with Crippen LogP contribution in [0.25, 0.3) is 0 Å². The van der Waals surface area contributed by atoms with Crippen LogP contribution in [0.15, 0.2) is 0 Å². The monoisotopic (exact) mass is 321 g/mol. The molecule has 23 heavy (non-hydrogen) atoms. The van der Waals surface area contributed by atoms with Crippen molar-refractivity contribution in [1.82, 2.24) is 0 Å². The minimum Gasteiger partial charge on any atom is -0.314 e. The van der Waals surface area contributed by atoms with Crippen molar-refractivity contribution in [3.05, 3.63) is 0 Å². The van der Waals surface area contributed by atoms with Crippen molar-refractivity contribution < 1.29 is 9.69 Å². The molecule has 0 spiro atoms. The average Bonchev–Trinajstić information content (AvgIpc) is 2.58.